The maximum absolute atomic E-state index is 13.7. The molecule has 39 heavy (non-hydrogen) atoms. The van der Waals surface area contributed by atoms with E-state index in [2.05, 4.69) is 4.98 Å². The van der Waals surface area contributed by atoms with E-state index < -0.39 is 29.8 Å². The summed E-state index contributed by atoms with van der Waals surface area (Å²) in [4.78, 5) is 36.7. The third-order valence-electron chi connectivity index (χ3n) is 9.14. The number of aliphatic hydroxyl groups excluding tert-OH is 1. The Hall–Kier alpha value is -2.49. The van der Waals surface area contributed by atoms with Crippen LogP contribution in [0.15, 0.2) is 18.3 Å². The number of halogens is 2. The summed E-state index contributed by atoms with van der Waals surface area (Å²) in [6, 6.07) is 3.25. The normalized spacial score (nSPS) is 27.3. The van der Waals surface area contributed by atoms with E-state index in [-0.39, 0.29) is 36.5 Å². The van der Waals surface area contributed by atoms with Crippen LogP contribution in [0.4, 0.5) is 19.4 Å². The van der Waals surface area contributed by atoms with Crippen LogP contribution in [0.1, 0.15) is 83.6 Å². The lowest BCUT2D eigenvalue weighted by atomic mass is 9.61. The average Bonchev–Trinajstić information content (AvgIpc) is 2.86. The van der Waals surface area contributed by atoms with E-state index in [0.29, 0.717) is 32.7 Å². The van der Waals surface area contributed by atoms with Crippen molar-refractivity contribution in [3.8, 4) is 0 Å². The number of amides is 2. The van der Waals surface area contributed by atoms with Crippen LogP contribution >= 0.6 is 0 Å². The van der Waals surface area contributed by atoms with Gasteiger partial charge in [0.25, 0.3) is 5.92 Å². The molecule has 5 rings (SSSR count). The van der Waals surface area contributed by atoms with Gasteiger partial charge in [0.2, 0.25) is 5.91 Å². The second kappa shape index (κ2) is 10.5. The predicted molar refractivity (Wildman–Crippen MR) is 143 cm³/mol. The summed E-state index contributed by atoms with van der Waals surface area (Å²) >= 11 is 0. The van der Waals surface area contributed by atoms with E-state index in [0.717, 1.165) is 43.5 Å². The zero-order valence-corrected chi connectivity index (χ0v) is 23.4. The molecular formula is C29H42F2N4O4. The average molecular weight is 549 g/mol. The molecule has 4 heterocycles. The number of hydrogen-bond acceptors (Lipinski definition) is 6. The van der Waals surface area contributed by atoms with Gasteiger partial charge in [-0.05, 0) is 70.1 Å². The SMILES string of the molecule is CC(C)(C)OC(=O)N1CC2(CCC2)[C@H](O)C[C@H]1C(=O)N1CCC(c2ccnc(N3CCC(F)(F)CC3)c2)CC1. The Morgan fingerprint density at radius 2 is 1.74 bits per heavy atom. The van der Waals surface area contributed by atoms with Gasteiger partial charge < -0.3 is 19.6 Å². The van der Waals surface area contributed by atoms with E-state index in [1.807, 2.05) is 42.7 Å². The fourth-order valence-corrected chi connectivity index (χ4v) is 6.58. The molecular weight excluding hydrogens is 506 g/mol. The van der Waals surface area contributed by atoms with Crippen LogP contribution in [0.25, 0.3) is 0 Å². The Bertz CT molecular complexity index is 1060. The lowest BCUT2D eigenvalue weighted by molar-refractivity contribution is -0.152. The number of likely N-dealkylation sites (tertiary alicyclic amines) is 2. The van der Waals surface area contributed by atoms with Crippen molar-refractivity contribution in [1.29, 1.82) is 0 Å². The van der Waals surface area contributed by atoms with Crippen LogP contribution in [-0.2, 0) is 9.53 Å². The Kier molecular flexibility index (Phi) is 7.54. The van der Waals surface area contributed by atoms with Gasteiger partial charge in [0.1, 0.15) is 17.5 Å². The number of carbonyl (C=O) groups excluding carboxylic acids is 2. The summed E-state index contributed by atoms with van der Waals surface area (Å²) in [5.41, 5.74) is 0.105. The topological polar surface area (TPSA) is 86.2 Å². The van der Waals surface area contributed by atoms with Crippen LogP contribution in [0, 0.1) is 5.41 Å². The van der Waals surface area contributed by atoms with Gasteiger partial charge in [0, 0.05) is 63.6 Å². The summed E-state index contributed by atoms with van der Waals surface area (Å²) in [5.74, 6) is -1.76. The molecule has 1 aliphatic carbocycles. The van der Waals surface area contributed by atoms with Gasteiger partial charge >= 0.3 is 6.09 Å². The maximum atomic E-state index is 13.7. The van der Waals surface area contributed by atoms with Gasteiger partial charge in [-0.3, -0.25) is 9.69 Å². The summed E-state index contributed by atoms with van der Waals surface area (Å²) < 4.78 is 32.9. The lowest BCUT2D eigenvalue weighted by Gasteiger charge is -2.54. The monoisotopic (exact) mass is 548 g/mol. The molecule has 4 fully saturated rings. The molecule has 1 N–H and O–H groups in total. The number of aliphatic hydroxyl groups is 1. The first-order valence-electron chi connectivity index (χ1n) is 14.4. The first-order valence-corrected chi connectivity index (χ1v) is 14.4. The fourth-order valence-electron chi connectivity index (χ4n) is 6.58. The van der Waals surface area contributed by atoms with E-state index in [1.54, 1.807) is 11.1 Å². The van der Waals surface area contributed by atoms with Crippen molar-refractivity contribution in [3.63, 3.8) is 0 Å². The molecule has 1 spiro atoms. The van der Waals surface area contributed by atoms with E-state index >= 15 is 0 Å². The van der Waals surface area contributed by atoms with Gasteiger partial charge in [-0.15, -0.1) is 0 Å². The van der Waals surface area contributed by atoms with Gasteiger partial charge in [0.05, 0.1) is 6.10 Å². The zero-order chi connectivity index (χ0) is 28.0. The predicted octanol–water partition coefficient (Wildman–Crippen LogP) is 4.56. The first-order chi connectivity index (χ1) is 18.4. The number of anilines is 1. The summed E-state index contributed by atoms with van der Waals surface area (Å²) in [6.45, 7) is 7.48. The number of alkyl halides is 2. The minimum absolute atomic E-state index is 0.128. The standard InChI is InChI=1S/C29H42F2N4O4/c1-27(2,3)39-26(38)35-19-28(8-4-9-28)23(36)18-22(35)25(37)34-13-6-20(7-14-34)21-5-12-32-24(17-21)33-15-10-29(30,31)11-16-33/h5,12,17,20,22-23,36H,4,6-11,13-16,18-19H2,1-3H3/t22-,23+/m0/s1. The Balaban J connectivity index is 1.23. The molecule has 1 aromatic rings. The summed E-state index contributed by atoms with van der Waals surface area (Å²) in [5, 5.41) is 11.0. The van der Waals surface area contributed by atoms with Crippen LogP contribution < -0.4 is 4.90 Å². The number of pyridine rings is 1. The molecule has 10 heteroatoms. The number of hydrogen-bond donors (Lipinski definition) is 1. The minimum atomic E-state index is -2.60. The quantitative estimate of drug-likeness (QED) is 0.596. The van der Waals surface area contributed by atoms with Gasteiger partial charge in [-0.25, -0.2) is 18.6 Å². The van der Waals surface area contributed by atoms with Crippen molar-refractivity contribution >= 4 is 17.8 Å². The molecule has 8 nitrogen and oxygen atoms in total. The number of piperidine rings is 3. The summed E-state index contributed by atoms with van der Waals surface area (Å²) in [6.07, 6.45) is 4.82. The Labute approximate surface area is 229 Å². The number of carbonyl (C=O) groups is 2. The molecule has 0 bridgehead atoms. The molecule has 216 valence electrons. The van der Waals surface area contributed by atoms with Gasteiger partial charge in [-0.2, -0.15) is 0 Å². The van der Waals surface area contributed by atoms with Crippen LogP contribution in [0.3, 0.4) is 0 Å². The van der Waals surface area contributed by atoms with E-state index in [1.165, 1.54) is 0 Å². The number of rotatable bonds is 3. The van der Waals surface area contributed by atoms with Crippen LogP contribution in [0.2, 0.25) is 0 Å². The Morgan fingerprint density at radius 1 is 1.08 bits per heavy atom. The minimum Gasteiger partial charge on any atom is -0.444 e. The molecule has 0 unspecified atom stereocenters. The molecule has 3 saturated heterocycles. The molecule has 0 radical (unpaired) electrons. The molecule has 0 aromatic carbocycles. The van der Waals surface area contributed by atoms with Gasteiger partial charge in [-0.1, -0.05) is 6.42 Å². The van der Waals surface area contributed by atoms with Crippen LogP contribution in [-0.4, -0.2) is 88.3 Å². The highest BCUT2D eigenvalue weighted by Crippen LogP contribution is 2.49. The second-order valence-electron chi connectivity index (χ2n) is 13.0. The van der Waals surface area contributed by atoms with Gasteiger partial charge in [0.15, 0.2) is 0 Å². The highest BCUT2D eigenvalue weighted by molar-refractivity contribution is 5.86. The van der Waals surface area contributed by atoms with E-state index in [9.17, 15) is 23.5 Å². The molecule has 3 aliphatic heterocycles. The largest absolute Gasteiger partial charge is 0.444 e. The highest BCUT2D eigenvalue weighted by Gasteiger charge is 2.54. The molecule has 1 saturated carbocycles. The van der Waals surface area contributed by atoms with Crippen molar-refractivity contribution in [1.82, 2.24) is 14.8 Å². The lowest BCUT2D eigenvalue weighted by Crippen LogP contribution is -2.64. The molecule has 2 atom stereocenters. The fraction of sp³-hybridized carbons (Fsp3) is 0.759. The zero-order valence-electron chi connectivity index (χ0n) is 23.4. The van der Waals surface area contributed by atoms with Crippen molar-refractivity contribution < 1.29 is 28.2 Å². The third kappa shape index (κ3) is 6.00. The van der Waals surface area contributed by atoms with E-state index in [4.69, 9.17) is 4.74 Å². The highest BCUT2D eigenvalue weighted by atomic mass is 19.3. The first kappa shape index (κ1) is 28.1. The van der Waals surface area contributed by atoms with Crippen LogP contribution in [0.5, 0.6) is 0 Å². The molecule has 2 amide bonds. The van der Waals surface area contributed by atoms with Crippen molar-refractivity contribution in [2.45, 2.75) is 102 Å². The number of aromatic nitrogens is 1. The van der Waals surface area contributed by atoms with Crippen molar-refractivity contribution in [2.75, 3.05) is 37.6 Å². The summed E-state index contributed by atoms with van der Waals surface area (Å²) in [7, 11) is 0. The van der Waals surface area contributed by atoms with Crippen molar-refractivity contribution in [2.24, 2.45) is 5.41 Å². The Morgan fingerprint density at radius 3 is 2.33 bits per heavy atom. The molecule has 4 aliphatic rings. The number of ether oxygens (including phenoxy) is 1. The number of nitrogens with zero attached hydrogens (tertiary/aromatic N) is 4. The molecule has 1 aromatic heterocycles. The maximum Gasteiger partial charge on any atom is 0.410 e. The smallest absolute Gasteiger partial charge is 0.410 e. The third-order valence-corrected chi connectivity index (χ3v) is 9.14. The second-order valence-corrected chi connectivity index (χ2v) is 13.0. The van der Waals surface area contributed by atoms with Crippen molar-refractivity contribution in [3.05, 3.63) is 23.9 Å².